The van der Waals surface area contributed by atoms with E-state index in [4.69, 9.17) is 0 Å². The largest absolute Gasteiger partial charge is 0.369 e. The maximum Gasteiger partial charge on any atom is 0.272 e. The van der Waals surface area contributed by atoms with Gasteiger partial charge in [0.15, 0.2) is 0 Å². The van der Waals surface area contributed by atoms with Gasteiger partial charge >= 0.3 is 0 Å². The van der Waals surface area contributed by atoms with Gasteiger partial charge in [-0.1, -0.05) is 0 Å². The summed E-state index contributed by atoms with van der Waals surface area (Å²) in [6.07, 6.45) is 4.80. The molecule has 0 saturated carbocycles. The Labute approximate surface area is 166 Å². The molecule has 2 aliphatic rings. The van der Waals surface area contributed by atoms with Crippen molar-refractivity contribution in [3.8, 4) is 0 Å². The van der Waals surface area contributed by atoms with E-state index in [1.165, 1.54) is 18.4 Å². The second kappa shape index (κ2) is 8.56. The number of anilines is 3. The van der Waals surface area contributed by atoms with Crippen molar-refractivity contribution in [3.05, 3.63) is 42.4 Å². The third-order valence-electron chi connectivity index (χ3n) is 5.54. The van der Waals surface area contributed by atoms with Gasteiger partial charge in [-0.25, -0.2) is 9.97 Å². The molecule has 1 N–H and O–H groups in total. The normalized spacial score (nSPS) is 18.2. The first-order valence-corrected chi connectivity index (χ1v) is 10.1. The van der Waals surface area contributed by atoms with Crippen molar-refractivity contribution in [2.24, 2.45) is 0 Å². The van der Waals surface area contributed by atoms with Crippen molar-refractivity contribution in [1.29, 1.82) is 0 Å². The lowest BCUT2D eigenvalue weighted by Gasteiger charge is -2.34. The smallest absolute Gasteiger partial charge is 0.272 e. The van der Waals surface area contributed by atoms with E-state index in [0.717, 1.165) is 57.8 Å². The highest BCUT2D eigenvalue weighted by atomic mass is 16.2. The Balaban J connectivity index is 1.40. The molecular formula is C21H28N6O. The van der Waals surface area contributed by atoms with E-state index in [1.54, 1.807) is 6.07 Å². The number of hydrogen-bond donors (Lipinski definition) is 1. The molecule has 0 bridgehead atoms. The maximum absolute atomic E-state index is 12.6. The zero-order chi connectivity index (χ0) is 19.3. The highest BCUT2D eigenvalue weighted by molar-refractivity contribution is 5.93. The zero-order valence-corrected chi connectivity index (χ0v) is 16.5. The van der Waals surface area contributed by atoms with Crippen LogP contribution in [0, 0.1) is 0 Å². The highest BCUT2D eigenvalue weighted by Crippen LogP contribution is 2.22. The molecule has 0 radical (unpaired) electrons. The van der Waals surface area contributed by atoms with Crippen LogP contribution >= 0.6 is 0 Å². The number of aromatic nitrogens is 2. The summed E-state index contributed by atoms with van der Waals surface area (Å²) in [5.41, 5.74) is 2.64. The summed E-state index contributed by atoms with van der Waals surface area (Å²) in [5, 5.41) is 3.29. The molecule has 148 valence electrons. The van der Waals surface area contributed by atoms with Gasteiger partial charge in [-0.15, -0.1) is 0 Å². The molecule has 2 fully saturated rings. The molecule has 2 aromatic rings. The fourth-order valence-corrected chi connectivity index (χ4v) is 3.77. The Morgan fingerprint density at radius 3 is 2.36 bits per heavy atom. The predicted molar refractivity (Wildman–Crippen MR) is 111 cm³/mol. The van der Waals surface area contributed by atoms with Gasteiger partial charge in [-0.3, -0.25) is 4.79 Å². The molecule has 7 heteroatoms. The van der Waals surface area contributed by atoms with E-state index in [-0.39, 0.29) is 5.91 Å². The molecule has 0 spiro atoms. The molecular weight excluding hydrogens is 352 g/mol. The Morgan fingerprint density at radius 2 is 1.64 bits per heavy atom. The lowest BCUT2D eigenvalue weighted by molar-refractivity contribution is 0.0718. The van der Waals surface area contributed by atoms with Crippen LogP contribution < -0.4 is 10.2 Å². The fourth-order valence-electron chi connectivity index (χ4n) is 3.77. The quantitative estimate of drug-likeness (QED) is 0.880. The van der Waals surface area contributed by atoms with E-state index < -0.39 is 0 Å². The first-order chi connectivity index (χ1) is 13.7. The number of benzene rings is 1. The first-order valence-electron chi connectivity index (χ1n) is 10.1. The van der Waals surface area contributed by atoms with Gasteiger partial charge in [0.2, 0.25) is 0 Å². The van der Waals surface area contributed by atoms with Crippen LogP contribution in [0.5, 0.6) is 0 Å². The van der Waals surface area contributed by atoms with Gasteiger partial charge < -0.3 is 20.0 Å². The van der Waals surface area contributed by atoms with Gasteiger partial charge in [0.05, 0.1) is 0 Å². The molecule has 0 aliphatic carbocycles. The average Bonchev–Trinajstić information content (AvgIpc) is 2.75. The van der Waals surface area contributed by atoms with Crippen LogP contribution in [0.4, 0.5) is 17.2 Å². The SMILES string of the molecule is CN1CCN(c2ccc(Nc3cc(C(=O)N4CCCCC4)ncn3)cc2)CC1. The van der Waals surface area contributed by atoms with Crippen LogP contribution in [0.2, 0.25) is 0 Å². The summed E-state index contributed by atoms with van der Waals surface area (Å²) >= 11 is 0. The molecule has 7 nitrogen and oxygen atoms in total. The molecule has 2 aliphatic heterocycles. The summed E-state index contributed by atoms with van der Waals surface area (Å²) in [6.45, 7) is 5.93. The number of piperidine rings is 1. The number of carbonyl (C=O) groups excluding carboxylic acids is 1. The average molecular weight is 380 g/mol. The van der Waals surface area contributed by atoms with Crippen molar-refractivity contribution in [2.45, 2.75) is 19.3 Å². The summed E-state index contributed by atoms with van der Waals surface area (Å²) in [4.78, 5) is 27.8. The van der Waals surface area contributed by atoms with Gasteiger partial charge in [0, 0.05) is 56.7 Å². The summed E-state index contributed by atoms with van der Waals surface area (Å²) < 4.78 is 0. The van der Waals surface area contributed by atoms with E-state index >= 15 is 0 Å². The fraction of sp³-hybridized carbons (Fsp3) is 0.476. The maximum atomic E-state index is 12.6. The molecule has 1 amide bonds. The Kier molecular flexibility index (Phi) is 5.71. The first kappa shape index (κ1) is 18.7. The topological polar surface area (TPSA) is 64.6 Å². The number of hydrogen-bond acceptors (Lipinski definition) is 6. The predicted octanol–water partition coefficient (Wildman–Crippen LogP) is 2.60. The minimum absolute atomic E-state index is 0.00411. The van der Waals surface area contributed by atoms with Crippen LogP contribution in [-0.4, -0.2) is 72.0 Å². The van der Waals surface area contributed by atoms with Crippen LogP contribution in [-0.2, 0) is 0 Å². The second-order valence-corrected chi connectivity index (χ2v) is 7.60. The van der Waals surface area contributed by atoms with E-state index in [2.05, 4.69) is 56.4 Å². The minimum atomic E-state index is -0.00411. The number of rotatable bonds is 4. The number of carbonyl (C=O) groups is 1. The lowest BCUT2D eigenvalue weighted by Crippen LogP contribution is -2.44. The van der Waals surface area contributed by atoms with Crippen LogP contribution in [0.15, 0.2) is 36.7 Å². The number of nitrogens with zero attached hydrogens (tertiary/aromatic N) is 5. The number of piperazine rings is 1. The van der Waals surface area contributed by atoms with Crippen molar-refractivity contribution in [1.82, 2.24) is 19.8 Å². The summed E-state index contributed by atoms with van der Waals surface area (Å²) in [6, 6.07) is 10.1. The zero-order valence-electron chi connectivity index (χ0n) is 16.5. The Morgan fingerprint density at radius 1 is 0.929 bits per heavy atom. The Bertz CT molecular complexity index is 795. The summed E-state index contributed by atoms with van der Waals surface area (Å²) in [5.74, 6) is 0.637. The van der Waals surface area contributed by atoms with Crippen molar-refractivity contribution < 1.29 is 4.79 Å². The third kappa shape index (κ3) is 4.42. The van der Waals surface area contributed by atoms with Crippen LogP contribution in [0.1, 0.15) is 29.8 Å². The van der Waals surface area contributed by atoms with E-state index in [1.807, 2.05) is 4.90 Å². The van der Waals surface area contributed by atoms with Gasteiger partial charge in [0.1, 0.15) is 17.8 Å². The van der Waals surface area contributed by atoms with E-state index in [9.17, 15) is 4.79 Å². The standard InChI is InChI=1S/C21H28N6O/c1-25-11-13-26(14-12-25)18-7-5-17(6-8-18)24-20-15-19(22-16-23-20)21(28)27-9-3-2-4-10-27/h5-8,15-16H,2-4,9-14H2,1H3,(H,22,23,24). The molecule has 1 aromatic carbocycles. The summed E-state index contributed by atoms with van der Waals surface area (Å²) in [7, 11) is 2.16. The molecule has 0 unspecified atom stereocenters. The molecule has 3 heterocycles. The van der Waals surface area contributed by atoms with Crippen LogP contribution in [0.3, 0.4) is 0 Å². The number of likely N-dealkylation sites (tertiary alicyclic amines) is 1. The lowest BCUT2D eigenvalue weighted by atomic mass is 10.1. The number of nitrogens with one attached hydrogen (secondary N) is 1. The molecule has 0 atom stereocenters. The van der Waals surface area contributed by atoms with Crippen molar-refractivity contribution >= 4 is 23.1 Å². The van der Waals surface area contributed by atoms with Crippen LogP contribution in [0.25, 0.3) is 0 Å². The number of amides is 1. The van der Waals surface area contributed by atoms with Gasteiger partial charge in [-0.05, 0) is 50.6 Å². The minimum Gasteiger partial charge on any atom is -0.369 e. The Hall–Kier alpha value is -2.67. The molecule has 4 rings (SSSR count). The van der Waals surface area contributed by atoms with E-state index in [0.29, 0.717) is 11.5 Å². The number of likely N-dealkylation sites (N-methyl/N-ethyl adjacent to an activating group) is 1. The molecule has 28 heavy (non-hydrogen) atoms. The third-order valence-corrected chi connectivity index (χ3v) is 5.54. The van der Waals surface area contributed by atoms with Crippen molar-refractivity contribution in [2.75, 3.05) is 56.5 Å². The molecule has 2 saturated heterocycles. The van der Waals surface area contributed by atoms with Crippen molar-refractivity contribution in [3.63, 3.8) is 0 Å². The van der Waals surface area contributed by atoms with Gasteiger partial charge in [-0.2, -0.15) is 0 Å². The van der Waals surface area contributed by atoms with Gasteiger partial charge in [0.25, 0.3) is 5.91 Å². The highest BCUT2D eigenvalue weighted by Gasteiger charge is 2.20. The monoisotopic (exact) mass is 380 g/mol. The molecule has 1 aromatic heterocycles. The second-order valence-electron chi connectivity index (χ2n) is 7.60.